The van der Waals surface area contributed by atoms with E-state index in [0.717, 1.165) is 6.07 Å². The summed E-state index contributed by atoms with van der Waals surface area (Å²) >= 11 is 0. The lowest BCUT2D eigenvalue weighted by atomic mass is 10.2. The van der Waals surface area contributed by atoms with Crippen molar-refractivity contribution in [3.63, 3.8) is 0 Å². The van der Waals surface area contributed by atoms with Gasteiger partial charge in [0.05, 0.1) is 4.90 Å². The normalized spacial score (nSPS) is 16.5. The quantitative estimate of drug-likeness (QED) is 0.848. The fraction of sp³-hybridized carbons (Fsp3) is 0.333. The smallest absolute Gasteiger partial charge is 0.243 e. The number of anilines is 1. The van der Waals surface area contributed by atoms with E-state index in [1.807, 2.05) is 4.90 Å². The number of aromatic nitrogens is 2. The molecule has 0 aliphatic carbocycles. The first-order valence-electron chi connectivity index (χ1n) is 7.27. The van der Waals surface area contributed by atoms with Crippen LogP contribution in [0.1, 0.15) is 5.56 Å². The highest BCUT2D eigenvalue weighted by Crippen LogP contribution is 2.22. The summed E-state index contributed by atoms with van der Waals surface area (Å²) in [5.41, 5.74) is 0.542. The lowest BCUT2D eigenvalue weighted by molar-refractivity contribution is 0.382. The van der Waals surface area contributed by atoms with Gasteiger partial charge in [-0.1, -0.05) is 6.07 Å². The number of benzene rings is 1. The molecular formula is C15H17FN4O2S. The molecule has 6 nitrogen and oxygen atoms in total. The highest BCUT2D eigenvalue weighted by Gasteiger charge is 2.30. The number of aryl methyl sites for hydroxylation is 1. The van der Waals surface area contributed by atoms with Crippen LogP contribution in [0.5, 0.6) is 0 Å². The molecule has 0 spiro atoms. The molecule has 1 aromatic carbocycles. The van der Waals surface area contributed by atoms with Gasteiger partial charge >= 0.3 is 0 Å². The third-order valence-corrected chi connectivity index (χ3v) is 5.88. The molecule has 1 aliphatic rings. The van der Waals surface area contributed by atoms with Crippen molar-refractivity contribution in [2.45, 2.75) is 11.8 Å². The van der Waals surface area contributed by atoms with Gasteiger partial charge in [0.1, 0.15) is 5.82 Å². The lowest BCUT2D eigenvalue weighted by Crippen LogP contribution is -2.49. The Morgan fingerprint density at radius 2 is 1.74 bits per heavy atom. The molecule has 3 rings (SSSR count). The molecule has 0 bridgehead atoms. The van der Waals surface area contributed by atoms with Crippen LogP contribution in [0.4, 0.5) is 10.3 Å². The molecular weight excluding hydrogens is 319 g/mol. The van der Waals surface area contributed by atoms with E-state index in [2.05, 4.69) is 9.97 Å². The van der Waals surface area contributed by atoms with Crippen molar-refractivity contribution >= 4 is 16.0 Å². The Morgan fingerprint density at radius 1 is 1.09 bits per heavy atom. The standard InChI is InChI=1S/C15H17FN4O2S/c1-12-3-4-13(16)11-14(12)23(21,22)20-9-7-19(8-10-20)15-17-5-2-6-18-15/h2-6,11H,7-10H2,1H3. The fourth-order valence-electron chi connectivity index (χ4n) is 2.57. The highest BCUT2D eigenvalue weighted by molar-refractivity contribution is 7.89. The fourth-order valence-corrected chi connectivity index (χ4v) is 4.23. The van der Waals surface area contributed by atoms with E-state index in [-0.39, 0.29) is 4.90 Å². The predicted molar refractivity (Wildman–Crippen MR) is 84.1 cm³/mol. The summed E-state index contributed by atoms with van der Waals surface area (Å²) in [4.78, 5) is 10.3. The minimum absolute atomic E-state index is 0.0295. The number of hydrogen-bond acceptors (Lipinski definition) is 5. The molecule has 0 radical (unpaired) electrons. The predicted octanol–water partition coefficient (Wildman–Crippen LogP) is 1.44. The molecule has 122 valence electrons. The van der Waals surface area contributed by atoms with Crippen LogP contribution in [0.3, 0.4) is 0 Å². The zero-order valence-electron chi connectivity index (χ0n) is 12.7. The van der Waals surface area contributed by atoms with Crippen LogP contribution < -0.4 is 4.90 Å². The van der Waals surface area contributed by atoms with Gasteiger partial charge < -0.3 is 4.90 Å². The topological polar surface area (TPSA) is 66.4 Å². The van der Waals surface area contributed by atoms with Crippen LogP contribution in [0.15, 0.2) is 41.6 Å². The monoisotopic (exact) mass is 336 g/mol. The van der Waals surface area contributed by atoms with Crippen LogP contribution in [-0.2, 0) is 10.0 Å². The Morgan fingerprint density at radius 3 is 2.39 bits per heavy atom. The third-order valence-electron chi connectivity index (χ3n) is 3.84. The molecule has 1 aromatic heterocycles. The number of rotatable bonds is 3. The first kappa shape index (κ1) is 15.8. The molecule has 2 aromatic rings. The van der Waals surface area contributed by atoms with E-state index in [1.54, 1.807) is 25.4 Å². The van der Waals surface area contributed by atoms with E-state index in [9.17, 15) is 12.8 Å². The van der Waals surface area contributed by atoms with Crippen LogP contribution in [0, 0.1) is 12.7 Å². The van der Waals surface area contributed by atoms with Crippen molar-refractivity contribution in [3.05, 3.63) is 48.0 Å². The number of halogens is 1. The zero-order valence-corrected chi connectivity index (χ0v) is 13.5. The van der Waals surface area contributed by atoms with Crippen molar-refractivity contribution in [3.8, 4) is 0 Å². The minimum Gasteiger partial charge on any atom is -0.338 e. The van der Waals surface area contributed by atoms with Gasteiger partial charge in [-0.2, -0.15) is 4.31 Å². The number of hydrogen-bond donors (Lipinski definition) is 0. The van der Waals surface area contributed by atoms with Gasteiger partial charge in [0.25, 0.3) is 0 Å². The second kappa shape index (κ2) is 6.21. The summed E-state index contributed by atoms with van der Waals surface area (Å²) in [7, 11) is -3.69. The number of sulfonamides is 1. The average Bonchev–Trinajstić information content (AvgIpc) is 2.58. The Kier molecular flexibility index (Phi) is 4.27. The molecule has 0 amide bonds. The number of nitrogens with zero attached hydrogens (tertiary/aromatic N) is 4. The van der Waals surface area contributed by atoms with Gasteiger partial charge in [0, 0.05) is 38.6 Å². The molecule has 1 fully saturated rings. The summed E-state index contributed by atoms with van der Waals surface area (Å²) in [6.45, 7) is 3.29. The van der Waals surface area contributed by atoms with Crippen molar-refractivity contribution < 1.29 is 12.8 Å². The van der Waals surface area contributed by atoms with Crippen LogP contribution in [0.25, 0.3) is 0 Å². The molecule has 1 saturated heterocycles. The first-order chi connectivity index (χ1) is 11.0. The van der Waals surface area contributed by atoms with E-state index >= 15 is 0 Å². The van der Waals surface area contributed by atoms with Crippen molar-refractivity contribution in [2.75, 3.05) is 31.1 Å². The maximum Gasteiger partial charge on any atom is 0.243 e. The van der Waals surface area contributed by atoms with Gasteiger partial charge in [-0.25, -0.2) is 22.8 Å². The largest absolute Gasteiger partial charge is 0.338 e. The summed E-state index contributed by atoms with van der Waals surface area (Å²) in [5, 5.41) is 0. The lowest BCUT2D eigenvalue weighted by Gasteiger charge is -2.34. The maximum absolute atomic E-state index is 13.4. The molecule has 1 aliphatic heterocycles. The summed E-state index contributed by atoms with van der Waals surface area (Å²) < 4.78 is 40.2. The second-order valence-electron chi connectivity index (χ2n) is 5.35. The Balaban J connectivity index is 1.78. The summed E-state index contributed by atoms with van der Waals surface area (Å²) in [6.07, 6.45) is 3.31. The Hall–Kier alpha value is -2.06. The Bertz CT molecular complexity index is 790. The van der Waals surface area contributed by atoms with Gasteiger partial charge in [-0.05, 0) is 30.7 Å². The number of piperazine rings is 1. The van der Waals surface area contributed by atoms with Crippen molar-refractivity contribution in [1.29, 1.82) is 0 Å². The molecule has 2 heterocycles. The van der Waals surface area contributed by atoms with Gasteiger partial charge in [-0.15, -0.1) is 0 Å². The average molecular weight is 336 g/mol. The van der Waals surface area contributed by atoms with Crippen molar-refractivity contribution in [1.82, 2.24) is 14.3 Å². The summed E-state index contributed by atoms with van der Waals surface area (Å²) in [6, 6.07) is 5.56. The van der Waals surface area contributed by atoms with Crippen LogP contribution >= 0.6 is 0 Å². The van der Waals surface area contributed by atoms with Gasteiger partial charge in [-0.3, -0.25) is 0 Å². The Labute approximate surface area is 134 Å². The van der Waals surface area contributed by atoms with Crippen LogP contribution in [0.2, 0.25) is 0 Å². The van der Waals surface area contributed by atoms with E-state index in [1.165, 1.54) is 16.4 Å². The second-order valence-corrected chi connectivity index (χ2v) is 7.26. The molecule has 8 heteroatoms. The summed E-state index contributed by atoms with van der Waals surface area (Å²) in [5.74, 6) is 0.0389. The van der Waals surface area contributed by atoms with Gasteiger partial charge in [0.2, 0.25) is 16.0 Å². The van der Waals surface area contributed by atoms with E-state index in [4.69, 9.17) is 0 Å². The molecule has 23 heavy (non-hydrogen) atoms. The molecule has 0 unspecified atom stereocenters. The first-order valence-corrected chi connectivity index (χ1v) is 8.71. The minimum atomic E-state index is -3.69. The zero-order chi connectivity index (χ0) is 16.4. The maximum atomic E-state index is 13.4. The highest BCUT2D eigenvalue weighted by atomic mass is 32.2. The van der Waals surface area contributed by atoms with Crippen LogP contribution in [-0.4, -0.2) is 48.9 Å². The SMILES string of the molecule is Cc1ccc(F)cc1S(=O)(=O)N1CCN(c2ncccn2)CC1. The molecule has 0 atom stereocenters. The van der Waals surface area contributed by atoms with Crippen molar-refractivity contribution in [2.24, 2.45) is 0 Å². The van der Waals surface area contributed by atoms with E-state index in [0.29, 0.717) is 37.7 Å². The molecule has 0 N–H and O–H groups in total. The molecule has 0 saturated carbocycles. The third kappa shape index (κ3) is 3.18. The van der Waals surface area contributed by atoms with Gasteiger partial charge in [0.15, 0.2) is 0 Å². The van der Waals surface area contributed by atoms with E-state index < -0.39 is 15.8 Å².